The van der Waals surface area contributed by atoms with Crippen LogP contribution in [0.1, 0.15) is 39.0 Å². The van der Waals surface area contributed by atoms with Gasteiger partial charge in [-0.3, -0.25) is 0 Å². The molecule has 2 rings (SSSR count). The van der Waals surface area contributed by atoms with E-state index in [1.165, 1.54) is 6.20 Å². The van der Waals surface area contributed by atoms with Crippen LogP contribution in [0.2, 0.25) is 0 Å². The average Bonchev–Trinajstić information content (AvgIpc) is 2.59. The lowest BCUT2D eigenvalue weighted by atomic mass is 9.75. The zero-order valence-electron chi connectivity index (χ0n) is 12.1. The second kappa shape index (κ2) is 5.00. The molecule has 0 atom stereocenters. The second-order valence-electron chi connectivity index (χ2n) is 5.84. The highest BCUT2D eigenvalue weighted by atomic mass is 16.7. The molecule has 1 aliphatic heterocycles. The molecule has 0 saturated carbocycles. The summed E-state index contributed by atoms with van der Waals surface area (Å²) in [5.41, 5.74) is 0.766. The Labute approximate surface area is 119 Å². The normalized spacial score (nSPS) is 19.6. The van der Waals surface area contributed by atoms with E-state index in [-0.39, 0.29) is 12.1 Å². The van der Waals surface area contributed by atoms with Crippen LogP contribution in [0.4, 0.5) is 0 Å². The van der Waals surface area contributed by atoms with Crippen LogP contribution in [-0.2, 0) is 20.5 Å². The molecule has 0 radical (unpaired) electrons. The minimum atomic E-state index is -0.593. The van der Waals surface area contributed by atoms with Crippen LogP contribution >= 0.6 is 0 Å². The summed E-state index contributed by atoms with van der Waals surface area (Å²) in [6.45, 7) is 7.83. The number of carbonyl (C=O) groups excluding carboxylic acids is 1. The van der Waals surface area contributed by atoms with Crippen molar-refractivity contribution in [3.63, 3.8) is 0 Å². The zero-order chi connectivity index (χ0) is 15.0. The molecule has 0 bridgehead atoms. The topological polar surface area (TPSA) is 72.2 Å². The van der Waals surface area contributed by atoms with Crippen LogP contribution in [0.3, 0.4) is 0 Å². The predicted molar refractivity (Wildman–Crippen MR) is 74.4 cm³/mol. The number of nitriles is 1. The molecule has 1 saturated heterocycles. The molecule has 0 unspecified atom stereocenters. The van der Waals surface area contributed by atoms with Gasteiger partial charge in [0.15, 0.2) is 0 Å². The van der Waals surface area contributed by atoms with E-state index in [0.29, 0.717) is 5.46 Å². The molecule has 0 amide bonds. The molecule has 1 aromatic rings. The standard InChI is InChI=1S/C14H17BN2O3/c1-13(2)14(3,4)20-15(19-13)12-7-11(8-16)17-9-10(12)5-6-18/h6-7,9H,5H2,1-4H3. The van der Waals surface area contributed by atoms with Gasteiger partial charge in [0, 0.05) is 12.6 Å². The molecule has 1 aromatic heterocycles. The number of hydrogen-bond donors (Lipinski definition) is 0. The molecule has 5 nitrogen and oxygen atoms in total. The van der Waals surface area contributed by atoms with Gasteiger partial charge >= 0.3 is 7.12 Å². The summed E-state index contributed by atoms with van der Waals surface area (Å²) in [6.07, 6.45) is 2.56. The first kappa shape index (κ1) is 14.7. The summed E-state index contributed by atoms with van der Waals surface area (Å²) in [5, 5.41) is 8.97. The maximum Gasteiger partial charge on any atom is 0.495 e. The van der Waals surface area contributed by atoms with Gasteiger partial charge in [0.1, 0.15) is 18.0 Å². The van der Waals surface area contributed by atoms with Gasteiger partial charge in [0.25, 0.3) is 0 Å². The minimum absolute atomic E-state index is 0.220. The Bertz CT molecular complexity index is 562. The van der Waals surface area contributed by atoms with Gasteiger partial charge in [-0.1, -0.05) is 0 Å². The first-order valence-corrected chi connectivity index (χ1v) is 6.49. The summed E-state index contributed by atoms with van der Waals surface area (Å²) >= 11 is 0. The largest absolute Gasteiger partial charge is 0.495 e. The fraction of sp³-hybridized carbons (Fsp3) is 0.500. The van der Waals surface area contributed by atoms with Gasteiger partial charge in [-0.2, -0.15) is 5.26 Å². The van der Waals surface area contributed by atoms with Crippen LogP contribution in [0.15, 0.2) is 12.3 Å². The molecule has 2 heterocycles. The Balaban J connectivity index is 2.42. The molecule has 0 aliphatic carbocycles. The summed E-state index contributed by atoms with van der Waals surface area (Å²) in [6, 6.07) is 3.62. The van der Waals surface area contributed by atoms with Crippen molar-refractivity contribution in [1.82, 2.24) is 4.98 Å². The molecule has 20 heavy (non-hydrogen) atoms. The lowest BCUT2D eigenvalue weighted by molar-refractivity contribution is -0.107. The van der Waals surface area contributed by atoms with Crippen molar-refractivity contribution >= 4 is 18.9 Å². The molecular formula is C14H17BN2O3. The third-order valence-corrected chi connectivity index (χ3v) is 3.95. The number of nitrogens with zero attached hydrogens (tertiary/aromatic N) is 2. The molecule has 1 fully saturated rings. The maximum absolute atomic E-state index is 10.8. The summed E-state index contributed by atoms with van der Waals surface area (Å²) in [7, 11) is -0.593. The van der Waals surface area contributed by atoms with E-state index < -0.39 is 18.3 Å². The van der Waals surface area contributed by atoms with Gasteiger partial charge in [-0.15, -0.1) is 0 Å². The van der Waals surface area contributed by atoms with E-state index in [2.05, 4.69) is 4.98 Å². The highest BCUT2D eigenvalue weighted by Crippen LogP contribution is 2.36. The van der Waals surface area contributed by atoms with E-state index in [1.807, 2.05) is 33.8 Å². The van der Waals surface area contributed by atoms with Crippen molar-refractivity contribution in [1.29, 1.82) is 5.26 Å². The molecule has 104 valence electrons. The van der Waals surface area contributed by atoms with Gasteiger partial charge < -0.3 is 14.1 Å². The van der Waals surface area contributed by atoms with Crippen molar-refractivity contribution in [3.05, 3.63) is 23.5 Å². The van der Waals surface area contributed by atoms with E-state index in [1.54, 1.807) is 6.07 Å². The molecule has 0 spiro atoms. The van der Waals surface area contributed by atoms with Gasteiger partial charge in [-0.25, -0.2) is 4.98 Å². The number of hydrogen-bond acceptors (Lipinski definition) is 5. The van der Waals surface area contributed by atoms with Crippen molar-refractivity contribution < 1.29 is 14.1 Å². The quantitative estimate of drug-likeness (QED) is 0.606. The number of aldehydes is 1. The fourth-order valence-electron chi connectivity index (χ4n) is 2.01. The highest BCUT2D eigenvalue weighted by Gasteiger charge is 2.52. The van der Waals surface area contributed by atoms with E-state index >= 15 is 0 Å². The molecule has 0 N–H and O–H groups in total. The second-order valence-corrected chi connectivity index (χ2v) is 5.84. The van der Waals surface area contributed by atoms with Crippen LogP contribution in [0, 0.1) is 11.3 Å². The summed E-state index contributed by atoms with van der Waals surface area (Å²) < 4.78 is 11.9. The van der Waals surface area contributed by atoms with Crippen molar-refractivity contribution in [2.75, 3.05) is 0 Å². The maximum atomic E-state index is 10.8. The molecule has 1 aliphatic rings. The fourth-order valence-corrected chi connectivity index (χ4v) is 2.01. The number of aromatic nitrogens is 1. The van der Waals surface area contributed by atoms with Gasteiger partial charge in [0.2, 0.25) is 0 Å². The van der Waals surface area contributed by atoms with Crippen molar-refractivity contribution in [3.8, 4) is 6.07 Å². The summed E-state index contributed by atoms with van der Waals surface area (Å²) in [5.74, 6) is 0. The first-order valence-electron chi connectivity index (χ1n) is 6.49. The Hall–Kier alpha value is -1.71. The summed E-state index contributed by atoms with van der Waals surface area (Å²) in [4.78, 5) is 14.8. The van der Waals surface area contributed by atoms with Crippen LogP contribution < -0.4 is 5.46 Å². The van der Waals surface area contributed by atoms with Crippen molar-refractivity contribution in [2.24, 2.45) is 0 Å². The van der Waals surface area contributed by atoms with Crippen LogP contribution in [0.25, 0.3) is 0 Å². The first-order chi connectivity index (χ1) is 9.30. The molecular weight excluding hydrogens is 255 g/mol. The number of pyridine rings is 1. The number of carbonyl (C=O) groups is 1. The van der Waals surface area contributed by atoms with Gasteiger partial charge in [0.05, 0.1) is 11.2 Å². The Morgan fingerprint density at radius 3 is 2.45 bits per heavy atom. The minimum Gasteiger partial charge on any atom is -0.399 e. The van der Waals surface area contributed by atoms with Crippen LogP contribution in [-0.4, -0.2) is 29.6 Å². The Morgan fingerprint density at radius 2 is 1.95 bits per heavy atom. The van der Waals surface area contributed by atoms with E-state index in [4.69, 9.17) is 14.6 Å². The van der Waals surface area contributed by atoms with Crippen LogP contribution in [0.5, 0.6) is 0 Å². The Morgan fingerprint density at radius 1 is 1.35 bits per heavy atom. The SMILES string of the molecule is CC1(C)OB(c2cc(C#N)ncc2CC=O)OC1(C)C. The molecule has 6 heteroatoms. The van der Waals surface area contributed by atoms with Gasteiger partial charge in [-0.05, 0) is 44.8 Å². The third kappa shape index (κ3) is 2.47. The monoisotopic (exact) mass is 272 g/mol. The predicted octanol–water partition coefficient (Wildman–Crippen LogP) is 0.994. The lowest BCUT2D eigenvalue weighted by Crippen LogP contribution is -2.41. The lowest BCUT2D eigenvalue weighted by Gasteiger charge is -2.32. The smallest absolute Gasteiger partial charge is 0.399 e. The Kier molecular flexibility index (Phi) is 3.68. The third-order valence-electron chi connectivity index (χ3n) is 3.95. The van der Waals surface area contributed by atoms with Crippen molar-refractivity contribution in [2.45, 2.75) is 45.3 Å². The van der Waals surface area contributed by atoms with E-state index in [9.17, 15) is 4.79 Å². The number of rotatable bonds is 3. The highest BCUT2D eigenvalue weighted by molar-refractivity contribution is 6.62. The average molecular weight is 272 g/mol. The zero-order valence-corrected chi connectivity index (χ0v) is 12.1. The molecule has 0 aromatic carbocycles. The van der Waals surface area contributed by atoms with E-state index in [0.717, 1.165) is 11.8 Å².